The number of anilines is 1. The molecule has 16 heteroatoms. The summed E-state index contributed by atoms with van der Waals surface area (Å²) in [7, 11) is 2.22. The predicted octanol–water partition coefficient (Wildman–Crippen LogP) is 3.46. The molecule has 2 aliphatic heterocycles. The lowest BCUT2D eigenvalue weighted by Gasteiger charge is -2.37. The van der Waals surface area contributed by atoms with Crippen molar-refractivity contribution in [3.63, 3.8) is 0 Å². The van der Waals surface area contributed by atoms with E-state index in [2.05, 4.69) is 10.5 Å². The monoisotopic (exact) mass is 758 g/mol. The molecule has 4 aliphatic rings. The molecule has 0 amide bonds. The Morgan fingerprint density at radius 2 is 1.87 bits per heavy atom. The third-order valence-electron chi connectivity index (χ3n) is 10.9. The Bertz CT molecular complexity index is 1890. The summed E-state index contributed by atoms with van der Waals surface area (Å²) in [6, 6.07) is 6.73. The largest absolute Gasteiger partial charge is 0.489 e. The second-order valence-electron chi connectivity index (χ2n) is 14.7. The average molecular weight is 759 g/mol. The molecule has 0 radical (unpaired) electrons. The summed E-state index contributed by atoms with van der Waals surface area (Å²) < 4.78 is 20.2. The maximum atomic E-state index is 15.3. The van der Waals surface area contributed by atoms with Gasteiger partial charge in [-0.25, -0.2) is 4.99 Å². The molecule has 0 spiro atoms. The van der Waals surface area contributed by atoms with Crippen molar-refractivity contribution in [3.8, 4) is 11.5 Å². The number of nitrogens with two attached hydrogens (primary N) is 2. The van der Waals surface area contributed by atoms with Crippen molar-refractivity contribution < 1.29 is 44.6 Å². The Morgan fingerprint density at radius 3 is 2.52 bits per heavy atom. The first-order chi connectivity index (χ1) is 24.9. The molecule has 0 saturated heterocycles. The van der Waals surface area contributed by atoms with E-state index in [9.17, 15) is 30.7 Å². The van der Waals surface area contributed by atoms with Crippen LogP contribution >= 0.6 is 21.6 Å². The van der Waals surface area contributed by atoms with Gasteiger partial charge in [-0.05, 0) is 69.6 Å². The molecule has 3 heterocycles. The third-order valence-corrected chi connectivity index (χ3v) is 13.7. The van der Waals surface area contributed by atoms with E-state index in [1.807, 2.05) is 0 Å². The number of hydrogen-bond donors (Lipinski definition) is 9. The van der Waals surface area contributed by atoms with Crippen molar-refractivity contribution in [1.29, 1.82) is 0 Å². The number of fused-ring (bicyclic) bond motifs is 5. The molecular formula is C36H46N4O10S2. The fourth-order valence-electron chi connectivity index (χ4n) is 8.34. The molecule has 14 nitrogen and oxygen atoms in total. The number of guanidine groups is 1. The molecule has 3 aromatic rings. The van der Waals surface area contributed by atoms with Gasteiger partial charge in [0.15, 0.2) is 17.7 Å². The topological polar surface area (TPSA) is 246 Å². The quantitative estimate of drug-likeness (QED) is 0.0525. The van der Waals surface area contributed by atoms with Gasteiger partial charge in [-0.1, -0.05) is 33.7 Å². The zero-order valence-electron chi connectivity index (χ0n) is 28.8. The lowest BCUT2D eigenvalue weighted by Crippen LogP contribution is -2.47. The number of hydrogen-bond acceptors (Lipinski definition) is 14. The van der Waals surface area contributed by atoms with Crippen LogP contribution in [0.5, 0.6) is 11.5 Å². The van der Waals surface area contributed by atoms with Crippen molar-refractivity contribution in [2.24, 2.45) is 16.5 Å². The summed E-state index contributed by atoms with van der Waals surface area (Å²) in [5.74, 6) is -0.197. The van der Waals surface area contributed by atoms with Crippen LogP contribution in [0.3, 0.4) is 0 Å². The van der Waals surface area contributed by atoms with Crippen LogP contribution < -0.4 is 31.8 Å². The Labute approximate surface area is 307 Å². The fourth-order valence-corrected chi connectivity index (χ4v) is 11.3. The van der Waals surface area contributed by atoms with Crippen LogP contribution in [0, 0.1) is 0 Å². The molecule has 2 aliphatic carbocycles. The number of nitrogens with zero attached hydrogens (tertiary/aromatic N) is 1. The van der Waals surface area contributed by atoms with Gasteiger partial charge in [-0.15, -0.1) is 0 Å². The van der Waals surface area contributed by atoms with Crippen LogP contribution in [0.15, 0.2) is 38.5 Å². The summed E-state index contributed by atoms with van der Waals surface area (Å²) in [4.78, 5) is 19.6. The molecule has 282 valence electrons. The van der Waals surface area contributed by atoms with Gasteiger partial charge < -0.3 is 50.9 Å². The number of ether oxygens (including phenoxy) is 2. The second-order valence-corrected chi connectivity index (χ2v) is 17.2. The maximum Gasteiger partial charge on any atom is 0.200 e. The van der Waals surface area contributed by atoms with Crippen molar-refractivity contribution in [2.75, 3.05) is 17.8 Å². The van der Waals surface area contributed by atoms with E-state index >= 15 is 4.79 Å². The summed E-state index contributed by atoms with van der Waals surface area (Å²) in [6.45, 7) is 1.15. The normalized spacial score (nSPS) is 29.0. The van der Waals surface area contributed by atoms with Crippen molar-refractivity contribution in [3.05, 3.63) is 62.5 Å². The van der Waals surface area contributed by atoms with Crippen molar-refractivity contribution >= 4 is 44.2 Å². The van der Waals surface area contributed by atoms with Crippen LogP contribution in [0.2, 0.25) is 0 Å². The molecule has 2 aromatic carbocycles. The zero-order chi connectivity index (χ0) is 36.9. The summed E-state index contributed by atoms with van der Waals surface area (Å²) >= 11 is 0. The van der Waals surface area contributed by atoms with Crippen molar-refractivity contribution in [1.82, 2.24) is 0 Å². The highest BCUT2D eigenvalue weighted by Gasteiger charge is 2.53. The highest BCUT2D eigenvalue weighted by Crippen LogP contribution is 2.60. The molecule has 2 saturated carbocycles. The minimum Gasteiger partial charge on any atom is -0.489 e. The molecule has 52 heavy (non-hydrogen) atoms. The number of nitrogens with one attached hydrogen (secondary N) is 1. The van der Waals surface area contributed by atoms with Gasteiger partial charge in [0.1, 0.15) is 46.0 Å². The predicted molar refractivity (Wildman–Crippen MR) is 198 cm³/mol. The first kappa shape index (κ1) is 37.1. The number of aliphatic imine (C=N–C) groups is 1. The van der Waals surface area contributed by atoms with Crippen LogP contribution in [-0.2, 0) is 6.42 Å². The lowest BCUT2D eigenvalue weighted by atomic mass is 9.74. The van der Waals surface area contributed by atoms with Crippen molar-refractivity contribution in [2.45, 2.75) is 112 Å². The molecule has 7 rings (SSSR count). The van der Waals surface area contributed by atoms with E-state index in [1.54, 1.807) is 31.2 Å². The first-order valence-electron chi connectivity index (χ1n) is 17.6. The van der Waals surface area contributed by atoms with Gasteiger partial charge in [-0.3, -0.25) is 15.5 Å². The van der Waals surface area contributed by atoms with E-state index in [-0.39, 0.29) is 70.2 Å². The highest BCUT2D eigenvalue weighted by molar-refractivity contribution is 8.76. The average Bonchev–Trinajstić information content (AvgIpc) is 3.76. The Hall–Kier alpha value is -3.22. The van der Waals surface area contributed by atoms with Crippen LogP contribution in [0.4, 0.5) is 5.69 Å². The molecule has 2 fully saturated rings. The number of aliphatic hydroxyl groups is 5. The van der Waals surface area contributed by atoms with Gasteiger partial charge in [0, 0.05) is 35.6 Å². The SMILES string of the molecule is C[C@@]1(O)CCC[C@@H]2c3c(c4c5oc(c(Cc6ccc(NO)cc6)c(=O)c5c3OC3CCCC3)[C@@H](O)C[C@](CO)(N=C(N)N)CSS[C@H]4C(O)O)O[C@@H]21. The van der Waals surface area contributed by atoms with E-state index in [0.717, 1.165) is 47.3 Å². The minimum absolute atomic E-state index is 0.00685. The maximum absolute atomic E-state index is 15.3. The summed E-state index contributed by atoms with van der Waals surface area (Å²) in [5, 5.41) is 64.7. The smallest absolute Gasteiger partial charge is 0.200 e. The van der Waals surface area contributed by atoms with Crippen LogP contribution in [0.25, 0.3) is 11.0 Å². The fraction of sp³-hybridized carbons (Fsp3) is 0.556. The van der Waals surface area contributed by atoms with Crippen LogP contribution in [0.1, 0.15) is 104 Å². The summed E-state index contributed by atoms with van der Waals surface area (Å²) in [5.41, 5.74) is 12.6. The van der Waals surface area contributed by atoms with E-state index < -0.39 is 46.9 Å². The molecular weight excluding hydrogens is 713 g/mol. The van der Waals surface area contributed by atoms with E-state index in [4.69, 9.17) is 25.4 Å². The van der Waals surface area contributed by atoms with Gasteiger partial charge >= 0.3 is 0 Å². The van der Waals surface area contributed by atoms with E-state index in [1.165, 1.54) is 0 Å². The Morgan fingerprint density at radius 1 is 1.13 bits per heavy atom. The summed E-state index contributed by atoms with van der Waals surface area (Å²) in [6.07, 6.45) is 0.692. The molecule has 2 bridgehead atoms. The van der Waals surface area contributed by atoms with Gasteiger partial charge in [-0.2, -0.15) is 0 Å². The third kappa shape index (κ3) is 6.72. The zero-order valence-corrected chi connectivity index (χ0v) is 30.4. The second kappa shape index (κ2) is 14.5. The van der Waals surface area contributed by atoms with E-state index in [0.29, 0.717) is 41.8 Å². The molecule has 1 aromatic heterocycles. The van der Waals surface area contributed by atoms with Gasteiger partial charge in [0.25, 0.3) is 0 Å². The highest BCUT2D eigenvalue weighted by atomic mass is 33.1. The Kier molecular flexibility index (Phi) is 10.4. The molecule has 11 N–H and O–H groups in total. The van der Waals surface area contributed by atoms with Gasteiger partial charge in [0.2, 0.25) is 0 Å². The van der Waals surface area contributed by atoms with Crippen LogP contribution in [-0.4, -0.2) is 78.7 Å². The molecule has 0 unspecified atom stereocenters. The first-order valence-corrected chi connectivity index (χ1v) is 20.0. The molecule has 6 atom stereocenters. The standard InChI is InChI=1S/C36H46N4O10S2/c1-35(46)12-4-7-20-23-28(48-19-5-2-3-6-19)24-26(43)21(13-17-8-10-18(40-47)11-9-17)27-22(42)14-36(15-41,39-34(37)38)16-51-52-31(33(44)45)25(30(24)49-27)29(23)50-32(20)35/h8-11,19-20,22,31-33,40-42,44-47H,2-7,12-16H2,1H3,(H4,37,38,39)/t20-,22+,31-,32+,35-,36-/m1/s1. The number of benzene rings is 2. The lowest BCUT2D eigenvalue weighted by molar-refractivity contribution is -0.0734. The number of aliphatic hydroxyl groups excluding tert-OH is 3. The number of rotatable bonds is 8. The Balaban J connectivity index is 1.56. The van der Waals surface area contributed by atoms with Gasteiger partial charge in [0.05, 0.1) is 34.8 Å². The minimum atomic E-state index is -1.98.